The third-order valence-electron chi connectivity index (χ3n) is 16.8. The summed E-state index contributed by atoms with van der Waals surface area (Å²) < 4.78 is 40.9. The molecule has 21 heteroatoms. The number of aromatic nitrogens is 3. The number of carbonyl (C=O) groups is 2. The molecule has 4 heterocycles. The van der Waals surface area contributed by atoms with Crippen molar-refractivity contribution in [3.05, 3.63) is 36.0 Å². The molecule has 0 aliphatic carbocycles. The second-order valence-electron chi connectivity index (χ2n) is 23.6. The molecule has 3 aliphatic heterocycles. The lowest BCUT2D eigenvalue weighted by Gasteiger charge is -2.54. The smallest absolute Gasteiger partial charge is 0.311 e. The maximum absolute atomic E-state index is 14.7. The molecule has 1 aromatic heterocycles. The van der Waals surface area contributed by atoms with Crippen molar-refractivity contribution in [3.63, 3.8) is 0 Å². The number of hydroxylamine groups is 1. The van der Waals surface area contributed by atoms with Gasteiger partial charge in [0.25, 0.3) is 0 Å². The Morgan fingerprint density at radius 2 is 1.62 bits per heavy atom. The fourth-order valence-corrected chi connectivity index (χ4v) is 12.0. The van der Waals surface area contributed by atoms with Crippen LogP contribution in [0.4, 0.5) is 0 Å². The number of likely N-dealkylation sites (N-methyl/N-ethyl adjacent to an activating group) is 3. The summed E-state index contributed by atoms with van der Waals surface area (Å²) in [5.41, 5.74) is -1.89. The van der Waals surface area contributed by atoms with Crippen LogP contribution in [0.3, 0.4) is 0 Å². The molecule has 7 N–H and O–H groups in total. The van der Waals surface area contributed by atoms with Crippen molar-refractivity contribution < 1.29 is 68.8 Å². The average molecular weight is 1080 g/mol. The lowest BCUT2D eigenvalue weighted by Crippen LogP contribution is -2.69. The van der Waals surface area contributed by atoms with Gasteiger partial charge in [-0.25, -0.2) is 5.48 Å². The Labute approximate surface area is 451 Å². The zero-order chi connectivity index (χ0) is 56.7. The molecule has 0 spiro atoms. The van der Waals surface area contributed by atoms with E-state index < -0.39 is 107 Å². The second kappa shape index (κ2) is 26.8. The van der Waals surface area contributed by atoms with Gasteiger partial charge in [0.15, 0.2) is 12.6 Å². The summed E-state index contributed by atoms with van der Waals surface area (Å²) >= 11 is 0. The Bertz CT molecular complexity index is 2130. The van der Waals surface area contributed by atoms with E-state index in [1.165, 1.54) is 14.0 Å². The average Bonchev–Trinajstić information content (AvgIpc) is 3.83. The number of nitrogens with zero attached hydrogens (tertiary/aromatic N) is 6. The van der Waals surface area contributed by atoms with E-state index in [1.54, 1.807) is 51.7 Å². The van der Waals surface area contributed by atoms with Gasteiger partial charge < -0.3 is 63.8 Å². The van der Waals surface area contributed by atoms with Crippen molar-refractivity contribution in [2.75, 3.05) is 48.4 Å². The number of nitrogens with one attached hydrogen (secondary N) is 1. The second-order valence-corrected chi connectivity index (χ2v) is 23.6. The molecule has 1 amide bonds. The van der Waals surface area contributed by atoms with E-state index >= 15 is 0 Å². The molecule has 2 aromatic rings. The maximum atomic E-state index is 14.7. The van der Waals surface area contributed by atoms with E-state index in [1.807, 2.05) is 89.2 Å². The minimum absolute atomic E-state index is 0.0585. The van der Waals surface area contributed by atoms with Gasteiger partial charge in [0.2, 0.25) is 5.91 Å². The fourth-order valence-electron chi connectivity index (χ4n) is 12.0. The number of rotatable bonds is 18. The number of ether oxygens (including phenoxy) is 6. The van der Waals surface area contributed by atoms with E-state index in [-0.39, 0.29) is 44.2 Å². The van der Waals surface area contributed by atoms with Crippen molar-refractivity contribution in [1.29, 1.82) is 0 Å². The van der Waals surface area contributed by atoms with Crippen molar-refractivity contribution in [2.24, 2.45) is 17.8 Å². The lowest BCUT2D eigenvalue weighted by molar-refractivity contribution is -0.338. The molecule has 0 radical (unpaired) electrons. The molecule has 21 nitrogen and oxygen atoms in total. The molecule has 3 aliphatic rings. The summed E-state index contributed by atoms with van der Waals surface area (Å²) in [6.07, 6.45) is -4.04. The standard InChI is InChI=1S/C55H95N7O14/c1-16-43-54(10,68)48(65)37(6)60(13)29-33(2)27-52(8,67)49(35(4)47(36(5)50(66)74-43)75-45-28-53(9,71-15)55(69,32-59(11)12)38(7)73-45)76-51-46(64)42(26-34(3)72-51)61(14)30-39-21-23-40(24-22-39)41-31-62(58-56-41)25-19-17-18-20-44(63)57-70/h21-24,31,33-38,42-43,45-49,51,64-65,67-70H,16-20,25-30,32H2,1-15H3,(H,57,63)/t33-,34-,35-,36-,37-,38+,42+,43+,45+,46-,47+,48-,49-,51+,52-,53-,54-,55+/m1/s1. The topological polar surface area (TPSA) is 263 Å². The quantitative estimate of drug-likeness (QED) is 0.0486. The summed E-state index contributed by atoms with van der Waals surface area (Å²) in [5, 5.41) is 78.6. The zero-order valence-electron chi connectivity index (χ0n) is 48.1. The highest BCUT2D eigenvalue weighted by atomic mass is 16.7. The third-order valence-corrected chi connectivity index (χ3v) is 16.8. The van der Waals surface area contributed by atoms with Gasteiger partial charge in [-0.2, -0.15) is 0 Å². The number of aliphatic hydroxyl groups is 5. The first-order chi connectivity index (χ1) is 35.5. The van der Waals surface area contributed by atoms with Gasteiger partial charge in [-0.1, -0.05) is 56.7 Å². The predicted octanol–water partition coefficient (Wildman–Crippen LogP) is 3.73. The van der Waals surface area contributed by atoms with Gasteiger partial charge in [0.1, 0.15) is 40.8 Å². The van der Waals surface area contributed by atoms with Crippen LogP contribution in [0, 0.1) is 17.8 Å². The van der Waals surface area contributed by atoms with E-state index in [2.05, 4.69) is 15.2 Å². The van der Waals surface area contributed by atoms with Crippen LogP contribution in [-0.2, 0) is 51.1 Å². The minimum Gasteiger partial charge on any atom is -0.459 e. The van der Waals surface area contributed by atoms with Crippen molar-refractivity contribution in [1.82, 2.24) is 35.2 Å². The molecule has 18 atom stereocenters. The summed E-state index contributed by atoms with van der Waals surface area (Å²) in [4.78, 5) is 31.8. The van der Waals surface area contributed by atoms with Gasteiger partial charge in [-0.05, 0) is 120 Å². The fraction of sp³-hybridized carbons (Fsp3) is 0.818. The third kappa shape index (κ3) is 15.1. The highest BCUT2D eigenvalue weighted by Crippen LogP contribution is 2.44. The molecule has 76 heavy (non-hydrogen) atoms. The number of cyclic esters (lactones) is 1. The van der Waals surface area contributed by atoms with Crippen molar-refractivity contribution >= 4 is 11.9 Å². The molecule has 0 bridgehead atoms. The lowest BCUT2D eigenvalue weighted by atomic mass is 9.75. The Morgan fingerprint density at radius 3 is 2.24 bits per heavy atom. The number of hydrogen-bond acceptors (Lipinski definition) is 19. The van der Waals surface area contributed by atoms with Crippen LogP contribution in [0.2, 0.25) is 0 Å². The molecular weight excluding hydrogens is 983 g/mol. The number of esters is 1. The summed E-state index contributed by atoms with van der Waals surface area (Å²) in [6.45, 7) is 19.4. The number of amides is 1. The summed E-state index contributed by atoms with van der Waals surface area (Å²) in [5.74, 6) is -3.26. The number of aliphatic hydroxyl groups excluding tert-OH is 2. The zero-order valence-corrected chi connectivity index (χ0v) is 48.1. The number of aryl methyl sites for hydroxylation is 1. The Balaban J connectivity index is 1.45. The largest absolute Gasteiger partial charge is 0.459 e. The highest BCUT2D eigenvalue weighted by Gasteiger charge is 2.59. The van der Waals surface area contributed by atoms with Crippen LogP contribution in [0.25, 0.3) is 11.3 Å². The van der Waals surface area contributed by atoms with Gasteiger partial charge in [0, 0.05) is 69.7 Å². The first-order valence-corrected chi connectivity index (χ1v) is 27.4. The maximum Gasteiger partial charge on any atom is 0.311 e. The monoisotopic (exact) mass is 1080 g/mol. The van der Waals surface area contributed by atoms with E-state index in [9.17, 15) is 35.1 Å². The first-order valence-electron chi connectivity index (χ1n) is 27.4. The molecule has 5 rings (SSSR count). The number of benzene rings is 1. The van der Waals surface area contributed by atoms with Crippen LogP contribution in [-0.4, -0.2) is 210 Å². The minimum atomic E-state index is -1.85. The van der Waals surface area contributed by atoms with Crippen LogP contribution in [0.1, 0.15) is 126 Å². The van der Waals surface area contributed by atoms with Crippen molar-refractivity contribution in [3.8, 4) is 11.3 Å². The first kappa shape index (κ1) is 63.6. The van der Waals surface area contributed by atoms with Crippen LogP contribution >= 0.6 is 0 Å². The van der Waals surface area contributed by atoms with Crippen molar-refractivity contribution in [2.45, 2.75) is 223 Å². The SMILES string of the molecule is CC[C@@H]1OC(=O)[C@H](C)[C@@H](O[C@H]2C[C@@](C)(OC)[C@](O)(CN(C)C)[C@H](C)O2)[C@@H](C)[C@@H](O[C@@H]2O[C@H](C)C[C@H](N(C)Cc3ccc(-c4cn(CCCCCC(=O)NO)nn4)cc3)[C@H]2O)[C@](C)(O)C[C@@H](C)CN(C)[C@H](C)[C@@H](O)[C@]1(C)O. The molecular formula is C55H95N7O14. The van der Waals surface area contributed by atoms with Gasteiger partial charge in [0.05, 0.1) is 42.1 Å². The van der Waals surface area contributed by atoms with Gasteiger partial charge >= 0.3 is 5.97 Å². The van der Waals surface area contributed by atoms with E-state index in [4.69, 9.17) is 33.6 Å². The molecule has 434 valence electrons. The van der Waals surface area contributed by atoms with Gasteiger partial charge in [-0.3, -0.25) is 24.4 Å². The number of methoxy groups -OCH3 is 1. The summed E-state index contributed by atoms with van der Waals surface area (Å²) in [7, 11) is 9.01. The predicted molar refractivity (Wildman–Crippen MR) is 283 cm³/mol. The van der Waals surface area contributed by atoms with Crippen LogP contribution in [0.5, 0.6) is 0 Å². The van der Waals surface area contributed by atoms with Crippen LogP contribution < -0.4 is 5.48 Å². The Morgan fingerprint density at radius 1 is 0.947 bits per heavy atom. The number of hydrogen-bond donors (Lipinski definition) is 7. The van der Waals surface area contributed by atoms with Crippen LogP contribution in [0.15, 0.2) is 30.5 Å². The van der Waals surface area contributed by atoms with E-state index in [0.717, 1.165) is 29.7 Å². The molecule has 0 unspecified atom stereocenters. The number of carbonyl (C=O) groups excluding carboxylic acids is 2. The molecule has 0 saturated carbocycles. The van der Waals surface area contributed by atoms with E-state index in [0.29, 0.717) is 32.5 Å². The van der Waals surface area contributed by atoms with Gasteiger partial charge in [-0.15, -0.1) is 5.10 Å². The Hall–Kier alpha value is -3.26. The molecule has 3 fully saturated rings. The molecule has 1 aromatic carbocycles. The summed E-state index contributed by atoms with van der Waals surface area (Å²) in [6, 6.07) is 6.97. The normalized spacial score (nSPS) is 38.6. The molecule has 3 saturated heterocycles. The Kier molecular flexibility index (Phi) is 22.4. The highest BCUT2D eigenvalue weighted by molar-refractivity contribution is 5.74. The number of unbranched alkanes of at least 4 members (excludes halogenated alkanes) is 2.